The fraction of sp³-hybridized carbons (Fsp3) is 0.389. The van der Waals surface area contributed by atoms with Crippen molar-refractivity contribution in [3.8, 4) is 0 Å². The molecule has 0 radical (unpaired) electrons. The minimum atomic E-state index is 0.00695. The SMILES string of the molecule is CCCN(CCC)C(=O)c1ccc(NCc2cccnc2)cn1. The van der Waals surface area contributed by atoms with Crippen LogP contribution in [0, 0.1) is 0 Å². The van der Waals surface area contributed by atoms with Gasteiger partial charge in [0.15, 0.2) is 0 Å². The second-order valence-corrected chi connectivity index (χ2v) is 5.44. The first-order valence-corrected chi connectivity index (χ1v) is 8.12. The molecule has 0 saturated carbocycles. The topological polar surface area (TPSA) is 58.1 Å². The highest BCUT2D eigenvalue weighted by atomic mass is 16.2. The maximum atomic E-state index is 12.5. The monoisotopic (exact) mass is 312 g/mol. The van der Waals surface area contributed by atoms with Crippen molar-refractivity contribution in [1.29, 1.82) is 0 Å². The summed E-state index contributed by atoms with van der Waals surface area (Å²) in [6, 6.07) is 7.60. The van der Waals surface area contributed by atoms with Gasteiger partial charge in [-0.1, -0.05) is 19.9 Å². The van der Waals surface area contributed by atoms with Crippen LogP contribution in [0.4, 0.5) is 5.69 Å². The molecule has 0 saturated heterocycles. The summed E-state index contributed by atoms with van der Waals surface area (Å²) in [6.07, 6.45) is 7.20. The van der Waals surface area contributed by atoms with Gasteiger partial charge in [-0.05, 0) is 36.6 Å². The Morgan fingerprint density at radius 3 is 2.48 bits per heavy atom. The van der Waals surface area contributed by atoms with Crippen LogP contribution < -0.4 is 5.32 Å². The molecule has 2 heterocycles. The maximum Gasteiger partial charge on any atom is 0.272 e. The van der Waals surface area contributed by atoms with Gasteiger partial charge in [-0.15, -0.1) is 0 Å². The van der Waals surface area contributed by atoms with E-state index in [0.29, 0.717) is 12.2 Å². The molecule has 23 heavy (non-hydrogen) atoms. The number of anilines is 1. The lowest BCUT2D eigenvalue weighted by Gasteiger charge is -2.21. The molecule has 0 spiro atoms. The Hall–Kier alpha value is -2.43. The Balaban J connectivity index is 1.96. The van der Waals surface area contributed by atoms with Gasteiger partial charge in [-0.25, -0.2) is 4.98 Å². The van der Waals surface area contributed by atoms with Crippen molar-refractivity contribution in [3.05, 3.63) is 54.1 Å². The summed E-state index contributed by atoms with van der Waals surface area (Å²) in [5.74, 6) is 0.00695. The van der Waals surface area contributed by atoms with E-state index in [2.05, 4.69) is 29.1 Å². The van der Waals surface area contributed by atoms with Crippen molar-refractivity contribution in [2.24, 2.45) is 0 Å². The highest BCUT2D eigenvalue weighted by Gasteiger charge is 2.15. The number of aromatic nitrogens is 2. The van der Waals surface area contributed by atoms with Gasteiger partial charge in [0.25, 0.3) is 5.91 Å². The molecule has 122 valence electrons. The van der Waals surface area contributed by atoms with Crippen molar-refractivity contribution in [2.75, 3.05) is 18.4 Å². The number of pyridine rings is 2. The molecular weight excluding hydrogens is 288 g/mol. The normalized spacial score (nSPS) is 10.3. The van der Waals surface area contributed by atoms with Gasteiger partial charge in [0.2, 0.25) is 0 Å². The number of nitrogens with zero attached hydrogens (tertiary/aromatic N) is 3. The molecule has 0 aliphatic carbocycles. The van der Waals surface area contributed by atoms with Gasteiger partial charge in [0.05, 0.1) is 11.9 Å². The van der Waals surface area contributed by atoms with E-state index in [4.69, 9.17) is 0 Å². The number of carbonyl (C=O) groups excluding carboxylic acids is 1. The lowest BCUT2D eigenvalue weighted by molar-refractivity contribution is 0.0749. The fourth-order valence-corrected chi connectivity index (χ4v) is 2.35. The molecule has 1 N–H and O–H groups in total. The Bertz CT molecular complexity index is 592. The zero-order chi connectivity index (χ0) is 16.5. The number of carbonyl (C=O) groups is 1. The molecular formula is C18H24N4O. The van der Waals surface area contributed by atoms with Gasteiger partial charge in [0.1, 0.15) is 5.69 Å². The molecule has 0 bridgehead atoms. The number of hydrogen-bond donors (Lipinski definition) is 1. The third kappa shape index (κ3) is 5.06. The highest BCUT2D eigenvalue weighted by Crippen LogP contribution is 2.10. The van der Waals surface area contributed by atoms with Gasteiger partial charge >= 0.3 is 0 Å². The summed E-state index contributed by atoms with van der Waals surface area (Å²) in [6.45, 7) is 6.38. The fourth-order valence-electron chi connectivity index (χ4n) is 2.35. The molecule has 2 aromatic rings. The molecule has 0 aliphatic heterocycles. The summed E-state index contributed by atoms with van der Waals surface area (Å²) in [4.78, 5) is 22.7. The lowest BCUT2D eigenvalue weighted by atomic mass is 10.2. The van der Waals surface area contributed by atoms with Gasteiger partial charge in [-0.2, -0.15) is 0 Å². The van der Waals surface area contributed by atoms with Crippen LogP contribution in [0.3, 0.4) is 0 Å². The van der Waals surface area contributed by atoms with E-state index in [0.717, 1.165) is 37.2 Å². The van der Waals surface area contributed by atoms with Crippen LogP contribution >= 0.6 is 0 Å². The summed E-state index contributed by atoms with van der Waals surface area (Å²) in [5.41, 5.74) is 2.49. The van der Waals surface area contributed by atoms with E-state index in [1.54, 1.807) is 18.5 Å². The molecule has 2 rings (SSSR count). The van der Waals surface area contributed by atoms with Crippen LogP contribution in [0.25, 0.3) is 0 Å². The molecule has 5 heteroatoms. The standard InChI is InChI=1S/C18H24N4O/c1-3-10-22(11-4-2)18(23)17-8-7-16(14-21-17)20-13-15-6-5-9-19-12-15/h5-9,12,14,20H,3-4,10-11,13H2,1-2H3. The molecule has 0 aromatic carbocycles. The van der Waals surface area contributed by atoms with Crippen LogP contribution in [0.15, 0.2) is 42.9 Å². The van der Waals surface area contributed by atoms with E-state index in [-0.39, 0.29) is 5.91 Å². The van der Waals surface area contributed by atoms with Crippen molar-refractivity contribution < 1.29 is 4.79 Å². The van der Waals surface area contributed by atoms with Gasteiger partial charge in [-0.3, -0.25) is 9.78 Å². The predicted octanol–water partition coefficient (Wildman–Crippen LogP) is 3.35. The predicted molar refractivity (Wildman–Crippen MR) is 92.3 cm³/mol. The highest BCUT2D eigenvalue weighted by molar-refractivity contribution is 5.92. The van der Waals surface area contributed by atoms with Gasteiger partial charge in [0, 0.05) is 32.0 Å². The number of hydrogen-bond acceptors (Lipinski definition) is 4. The third-order valence-corrected chi connectivity index (χ3v) is 3.48. The molecule has 0 fully saturated rings. The van der Waals surface area contributed by atoms with E-state index in [9.17, 15) is 4.79 Å². The van der Waals surface area contributed by atoms with Crippen molar-refractivity contribution in [3.63, 3.8) is 0 Å². The van der Waals surface area contributed by atoms with Crippen molar-refractivity contribution in [1.82, 2.24) is 14.9 Å². The second kappa shape index (κ2) is 8.88. The van der Waals surface area contributed by atoms with Crippen molar-refractivity contribution >= 4 is 11.6 Å². The van der Waals surface area contributed by atoms with Crippen molar-refractivity contribution in [2.45, 2.75) is 33.2 Å². The Morgan fingerprint density at radius 1 is 1.13 bits per heavy atom. The first-order chi connectivity index (χ1) is 11.2. The largest absolute Gasteiger partial charge is 0.380 e. The molecule has 0 atom stereocenters. The summed E-state index contributed by atoms with van der Waals surface area (Å²) in [7, 11) is 0. The van der Waals surface area contributed by atoms with E-state index < -0.39 is 0 Å². The molecule has 2 aromatic heterocycles. The quantitative estimate of drug-likeness (QED) is 0.812. The maximum absolute atomic E-state index is 12.5. The Kier molecular flexibility index (Phi) is 6.54. The molecule has 1 amide bonds. The average molecular weight is 312 g/mol. The smallest absolute Gasteiger partial charge is 0.272 e. The van der Waals surface area contributed by atoms with Crippen LogP contribution in [-0.4, -0.2) is 33.9 Å². The van der Waals surface area contributed by atoms with Crippen LogP contribution in [0.1, 0.15) is 42.7 Å². The first kappa shape index (κ1) is 16.9. The van der Waals surface area contributed by atoms with Crippen LogP contribution in [-0.2, 0) is 6.54 Å². The Labute approximate surface area is 137 Å². The minimum absolute atomic E-state index is 0.00695. The average Bonchev–Trinajstić information content (AvgIpc) is 2.60. The van der Waals surface area contributed by atoms with E-state index in [1.807, 2.05) is 29.3 Å². The summed E-state index contributed by atoms with van der Waals surface area (Å²) in [5, 5.41) is 3.28. The lowest BCUT2D eigenvalue weighted by Crippen LogP contribution is -2.33. The van der Waals surface area contributed by atoms with Crippen LogP contribution in [0.5, 0.6) is 0 Å². The molecule has 5 nitrogen and oxygen atoms in total. The molecule has 0 unspecified atom stereocenters. The van der Waals surface area contributed by atoms with Gasteiger partial charge < -0.3 is 10.2 Å². The first-order valence-electron chi connectivity index (χ1n) is 8.12. The number of nitrogens with one attached hydrogen (secondary N) is 1. The Morgan fingerprint density at radius 2 is 1.91 bits per heavy atom. The zero-order valence-electron chi connectivity index (χ0n) is 13.8. The number of rotatable bonds is 8. The second-order valence-electron chi connectivity index (χ2n) is 5.44. The summed E-state index contributed by atoms with van der Waals surface area (Å²) >= 11 is 0. The van der Waals surface area contributed by atoms with E-state index >= 15 is 0 Å². The third-order valence-electron chi connectivity index (χ3n) is 3.48. The summed E-state index contributed by atoms with van der Waals surface area (Å²) < 4.78 is 0. The zero-order valence-corrected chi connectivity index (χ0v) is 13.8. The van der Waals surface area contributed by atoms with Crippen LogP contribution in [0.2, 0.25) is 0 Å². The molecule has 0 aliphatic rings. The van der Waals surface area contributed by atoms with E-state index in [1.165, 1.54) is 0 Å². The minimum Gasteiger partial charge on any atom is -0.380 e. The number of amides is 1.